The molecule has 0 saturated carbocycles. The molecule has 1 aliphatic heterocycles. The van der Waals surface area contributed by atoms with Crippen molar-refractivity contribution in [3.63, 3.8) is 0 Å². The molecule has 8 nitrogen and oxygen atoms in total. The van der Waals surface area contributed by atoms with Crippen LogP contribution < -0.4 is 5.73 Å². The number of rotatable bonds is 5. The van der Waals surface area contributed by atoms with Gasteiger partial charge in [0, 0.05) is 13.1 Å². The van der Waals surface area contributed by atoms with E-state index >= 15 is 0 Å². The molecule has 0 spiro atoms. The fourth-order valence-corrected chi connectivity index (χ4v) is 2.68. The van der Waals surface area contributed by atoms with Crippen LogP contribution in [0.5, 0.6) is 0 Å². The first kappa shape index (κ1) is 15.4. The molecule has 0 bridgehead atoms. The van der Waals surface area contributed by atoms with Crippen molar-refractivity contribution < 1.29 is 14.7 Å². The van der Waals surface area contributed by atoms with E-state index in [0.29, 0.717) is 24.6 Å². The lowest BCUT2D eigenvalue weighted by atomic mass is 9.89. The van der Waals surface area contributed by atoms with Gasteiger partial charge in [0.1, 0.15) is 12.6 Å². The van der Waals surface area contributed by atoms with Crippen LogP contribution in [0, 0.1) is 5.92 Å². The van der Waals surface area contributed by atoms with E-state index < -0.39 is 12.0 Å². The normalized spacial score (nSPS) is 22.3. The highest BCUT2D eigenvalue weighted by Crippen LogP contribution is 2.25. The minimum atomic E-state index is -0.942. The van der Waals surface area contributed by atoms with Crippen molar-refractivity contribution in [2.45, 2.75) is 45.3 Å². The Morgan fingerprint density at radius 2 is 2.29 bits per heavy atom. The third-order valence-electron chi connectivity index (χ3n) is 3.99. The third-order valence-corrected chi connectivity index (χ3v) is 3.99. The Bertz CT molecular complexity index is 516. The summed E-state index contributed by atoms with van der Waals surface area (Å²) < 4.78 is 1.40. The average molecular weight is 295 g/mol. The maximum atomic E-state index is 12.3. The van der Waals surface area contributed by atoms with Crippen LogP contribution in [0.2, 0.25) is 0 Å². The summed E-state index contributed by atoms with van der Waals surface area (Å²) in [6.07, 6.45) is 3.90. The maximum Gasteiger partial charge on any atom is 0.326 e. The molecule has 0 aromatic carbocycles. The SMILES string of the molecule is CCC1CCN(C(=O)Cn2cc(CN)nn2)C(C(=O)O)C1. The van der Waals surface area contributed by atoms with Gasteiger partial charge in [0.15, 0.2) is 0 Å². The maximum absolute atomic E-state index is 12.3. The highest BCUT2D eigenvalue weighted by Gasteiger charge is 2.35. The number of aliphatic carboxylic acids is 1. The van der Waals surface area contributed by atoms with Crippen LogP contribution >= 0.6 is 0 Å². The molecule has 1 amide bonds. The highest BCUT2D eigenvalue weighted by atomic mass is 16.4. The molecule has 2 atom stereocenters. The monoisotopic (exact) mass is 295 g/mol. The Kier molecular flexibility index (Phi) is 4.89. The molecule has 21 heavy (non-hydrogen) atoms. The minimum absolute atomic E-state index is 0.00638. The van der Waals surface area contributed by atoms with Crippen LogP contribution in [0.25, 0.3) is 0 Å². The Morgan fingerprint density at radius 1 is 1.52 bits per heavy atom. The van der Waals surface area contributed by atoms with E-state index in [0.717, 1.165) is 12.8 Å². The Balaban J connectivity index is 2.04. The summed E-state index contributed by atoms with van der Waals surface area (Å²) in [7, 11) is 0. The molecule has 1 saturated heterocycles. The number of likely N-dealkylation sites (tertiary alicyclic amines) is 1. The van der Waals surface area contributed by atoms with Crippen molar-refractivity contribution >= 4 is 11.9 Å². The summed E-state index contributed by atoms with van der Waals surface area (Å²) >= 11 is 0. The second kappa shape index (κ2) is 6.66. The fourth-order valence-electron chi connectivity index (χ4n) is 2.68. The van der Waals surface area contributed by atoms with E-state index in [9.17, 15) is 14.7 Å². The molecule has 0 aliphatic carbocycles. The van der Waals surface area contributed by atoms with Gasteiger partial charge in [0.2, 0.25) is 5.91 Å². The van der Waals surface area contributed by atoms with E-state index in [-0.39, 0.29) is 19.0 Å². The molecular formula is C13H21N5O3. The van der Waals surface area contributed by atoms with Gasteiger partial charge in [-0.15, -0.1) is 5.10 Å². The first-order valence-electron chi connectivity index (χ1n) is 7.16. The summed E-state index contributed by atoms with van der Waals surface area (Å²) in [4.78, 5) is 25.1. The molecule has 1 aromatic heterocycles. The molecule has 1 fully saturated rings. The zero-order chi connectivity index (χ0) is 15.4. The Morgan fingerprint density at radius 3 is 2.86 bits per heavy atom. The number of nitrogens with zero attached hydrogens (tertiary/aromatic N) is 4. The number of hydrogen-bond acceptors (Lipinski definition) is 5. The minimum Gasteiger partial charge on any atom is -0.480 e. The Hall–Kier alpha value is -1.96. The smallest absolute Gasteiger partial charge is 0.326 e. The molecule has 2 rings (SSSR count). The zero-order valence-corrected chi connectivity index (χ0v) is 12.1. The largest absolute Gasteiger partial charge is 0.480 e. The van der Waals surface area contributed by atoms with Gasteiger partial charge in [0.25, 0.3) is 0 Å². The fraction of sp³-hybridized carbons (Fsp3) is 0.692. The molecule has 2 unspecified atom stereocenters. The summed E-state index contributed by atoms with van der Waals surface area (Å²) in [6, 6.07) is -0.742. The summed E-state index contributed by atoms with van der Waals surface area (Å²) in [5.74, 6) is -0.821. The molecule has 0 radical (unpaired) electrons. The lowest BCUT2D eigenvalue weighted by Crippen LogP contribution is -2.51. The predicted octanol–water partition coefficient (Wildman–Crippen LogP) is -0.161. The second-order valence-corrected chi connectivity index (χ2v) is 5.35. The molecule has 1 aliphatic rings. The number of nitrogens with two attached hydrogens (primary N) is 1. The van der Waals surface area contributed by atoms with E-state index in [1.54, 1.807) is 6.20 Å². The lowest BCUT2D eigenvalue weighted by molar-refractivity contribution is -0.153. The van der Waals surface area contributed by atoms with Crippen LogP contribution in [0.3, 0.4) is 0 Å². The zero-order valence-electron chi connectivity index (χ0n) is 12.1. The van der Waals surface area contributed by atoms with Gasteiger partial charge in [-0.2, -0.15) is 0 Å². The number of carboxylic acid groups (broad SMARTS) is 1. The van der Waals surface area contributed by atoms with Crippen molar-refractivity contribution in [1.29, 1.82) is 0 Å². The third kappa shape index (κ3) is 3.57. The Labute approximate surface area is 122 Å². The molecule has 2 heterocycles. The van der Waals surface area contributed by atoms with Gasteiger partial charge < -0.3 is 15.7 Å². The van der Waals surface area contributed by atoms with Gasteiger partial charge in [-0.1, -0.05) is 18.6 Å². The van der Waals surface area contributed by atoms with Crippen molar-refractivity contribution in [2.24, 2.45) is 11.7 Å². The number of carbonyl (C=O) groups is 2. The van der Waals surface area contributed by atoms with Crippen LogP contribution in [0.4, 0.5) is 0 Å². The van der Waals surface area contributed by atoms with Gasteiger partial charge in [-0.05, 0) is 18.8 Å². The molecule has 116 valence electrons. The number of hydrogen-bond donors (Lipinski definition) is 2. The van der Waals surface area contributed by atoms with Crippen molar-refractivity contribution in [3.05, 3.63) is 11.9 Å². The first-order chi connectivity index (χ1) is 10.0. The topological polar surface area (TPSA) is 114 Å². The van der Waals surface area contributed by atoms with Crippen molar-refractivity contribution in [2.75, 3.05) is 6.54 Å². The van der Waals surface area contributed by atoms with Gasteiger partial charge in [0.05, 0.1) is 11.9 Å². The second-order valence-electron chi connectivity index (χ2n) is 5.35. The van der Waals surface area contributed by atoms with Crippen molar-refractivity contribution in [1.82, 2.24) is 19.9 Å². The summed E-state index contributed by atoms with van der Waals surface area (Å²) in [5.41, 5.74) is 6.04. The number of carboxylic acids is 1. The molecular weight excluding hydrogens is 274 g/mol. The van der Waals surface area contributed by atoms with E-state index in [4.69, 9.17) is 5.73 Å². The highest BCUT2D eigenvalue weighted by molar-refractivity contribution is 5.83. The quantitative estimate of drug-likeness (QED) is 0.780. The van der Waals surface area contributed by atoms with Gasteiger partial charge in [-0.25, -0.2) is 9.48 Å². The van der Waals surface area contributed by atoms with Gasteiger partial charge in [-0.3, -0.25) is 4.79 Å². The molecule has 1 aromatic rings. The number of carbonyl (C=O) groups excluding carboxylic acids is 1. The van der Waals surface area contributed by atoms with Crippen LogP contribution in [0.15, 0.2) is 6.20 Å². The number of piperidine rings is 1. The van der Waals surface area contributed by atoms with E-state index in [1.165, 1.54) is 9.58 Å². The lowest BCUT2D eigenvalue weighted by Gasteiger charge is -2.36. The molecule has 8 heteroatoms. The van der Waals surface area contributed by atoms with E-state index in [1.807, 2.05) is 6.92 Å². The first-order valence-corrected chi connectivity index (χ1v) is 7.16. The van der Waals surface area contributed by atoms with Crippen LogP contribution in [0.1, 0.15) is 31.9 Å². The van der Waals surface area contributed by atoms with E-state index in [2.05, 4.69) is 10.3 Å². The summed E-state index contributed by atoms with van der Waals surface area (Å²) in [5, 5.41) is 17.0. The average Bonchev–Trinajstić information content (AvgIpc) is 2.94. The van der Waals surface area contributed by atoms with Crippen LogP contribution in [-0.2, 0) is 22.7 Å². The van der Waals surface area contributed by atoms with Crippen LogP contribution in [-0.4, -0.2) is 49.5 Å². The standard InChI is InChI=1S/C13H21N5O3/c1-2-9-3-4-18(11(5-9)13(20)21)12(19)8-17-7-10(6-14)15-16-17/h7,9,11H,2-6,8,14H2,1H3,(H,20,21). The summed E-state index contributed by atoms with van der Waals surface area (Å²) in [6.45, 7) is 2.78. The van der Waals surface area contributed by atoms with Crippen molar-refractivity contribution in [3.8, 4) is 0 Å². The predicted molar refractivity (Wildman–Crippen MR) is 74.1 cm³/mol. The number of aromatic nitrogens is 3. The number of amides is 1. The van der Waals surface area contributed by atoms with Gasteiger partial charge >= 0.3 is 5.97 Å². The molecule has 3 N–H and O–H groups in total.